The Bertz CT molecular complexity index is 639. The molecule has 3 rings (SSSR count). The Morgan fingerprint density at radius 2 is 2.39 bits per heavy atom. The molecular formula is C16H20N4O2S. The maximum atomic E-state index is 12.4. The number of hydrogen-bond donors (Lipinski definition) is 1. The molecule has 1 saturated heterocycles. The summed E-state index contributed by atoms with van der Waals surface area (Å²) in [5.74, 6) is 0.0232. The van der Waals surface area contributed by atoms with E-state index in [1.54, 1.807) is 28.8 Å². The lowest BCUT2D eigenvalue weighted by molar-refractivity contribution is -0.135. The third kappa shape index (κ3) is 3.98. The molecular weight excluding hydrogens is 312 g/mol. The number of aromatic nitrogens is 2. The first kappa shape index (κ1) is 15.7. The van der Waals surface area contributed by atoms with Gasteiger partial charge in [-0.1, -0.05) is 6.07 Å². The molecule has 1 aliphatic rings. The number of rotatable bonds is 7. The van der Waals surface area contributed by atoms with Crippen LogP contribution in [0.15, 0.2) is 36.2 Å². The molecule has 1 atom stereocenters. The smallest absolute Gasteiger partial charge is 0.242 e. The highest BCUT2D eigenvalue weighted by Crippen LogP contribution is 2.23. The lowest BCUT2D eigenvalue weighted by atomic mass is 10.2. The standard InChI is InChI=1S/C16H20N4O2S/c21-15-5-4-14(20(15)11-13-3-1-10-23-13)16(22)18-6-2-8-19-9-7-17-12-19/h1,3,7,9-10,12,14H,2,4-6,8,11H2,(H,18,22). The van der Waals surface area contributed by atoms with Crippen LogP contribution in [0.2, 0.25) is 0 Å². The van der Waals surface area contributed by atoms with Gasteiger partial charge in [-0.25, -0.2) is 4.98 Å². The van der Waals surface area contributed by atoms with E-state index >= 15 is 0 Å². The molecule has 0 aromatic carbocycles. The highest BCUT2D eigenvalue weighted by atomic mass is 32.1. The summed E-state index contributed by atoms with van der Waals surface area (Å²) in [6.45, 7) is 1.96. The van der Waals surface area contributed by atoms with Gasteiger partial charge in [0.25, 0.3) is 0 Å². The van der Waals surface area contributed by atoms with Crippen molar-refractivity contribution in [2.75, 3.05) is 6.54 Å². The lowest BCUT2D eigenvalue weighted by Crippen LogP contribution is -2.44. The van der Waals surface area contributed by atoms with E-state index < -0.39 is 0 Å². The number of nitrogens with one attached hydrogen (secondary N) is 1. The largest absolute Gasteiger partial charge is 0.354 e. The van der Waals surface area contributed by atoms with Crippen molar-refractivity contribution in [3.63, 3.8) is 0 Å². The number of amides is 2. The maximum absolute atomic E-state index is 12.4. The van der Waals surface area contributed by atoms with Crippen LogP contribution < -0.4 is 5.32 Å². The molecule has 0 spiro atoms. The monoisotopic (exact) mass is 332 g/mol. The van der Waals surface area contributed by atoms with E-state index in [4.69, 9.17) is 0 Å². The first-order valence-corrected chi connectivity index (χ1v) is 8.67. The Kier molecular flexibility index (Phi) is 5.07. The van der Waals surface area contributed by atoms with Crippen LogP contribution in [-0.2, 0) is 22.7 Å². The molecule has 0 bridgehead atoms. The molecule has 0 radical (unpaired) electrons. The van der Waals surface area contributed by atoms with E-state index in [-0.39, 0.29) is 17.9 Å². The second-order valence-corrected chi connectivity index (χ2v) is 6.63. The molecule has 3 heterocycles. The average Bonchev–Trinajstić information content (AvgIpc) is 3.28. The summed E-state index contributed by atoms with van der Waals surface area (Å²) in [6.07, 6.45) is 7.31. The summed E-state index contributed by atoms with van der Waals surface area (Å²) in [5, 5.41) is 4.94. The van der Waals surface area contributed by atoms with Crippen molar-refractivity contribution in [3.8, 4) is 0 Å². The zero-order chi connectivity index (χ0) is 16.1. The molecule has 1 unspecified atom stereocenters. The minimum atomic E-state index is -0.335. The molecule has 23 heavy (non-hydrogen) atoms. The zero-order valence-electron chi connectivity index (χ0n) is 12.9. The normalized spacial score (nSPS) is 17.7. The van der Waals surface area contributed by atoms with E-state index in [0.29, 0.717) is 25.9 Å². The summed E-state index contributed by atoms with van der Waals surface area (Å²) in [6, 6.07) is 3.63. The number of carbonyl (C=O) groups excluding carboxylic acids is 2. The highest BCUT2D eigenvalue weighted by Gasteiger charge is 2.35. The number of likely N-dealkylation sites (tertiary alicyclic amines) is 1. The summed E-state index contributed by atoms with van der Waals surface area (Å²) in [7, 11) is 0. The number of nitrogens with zero attached hydrogens (tertiary/aromatic N) is 3. The second-order valence-electron chi connectivity index (χ2n) is 5.60. The van der Waals surface area contributed by atoms with Crippen molar-refractivity contribution in [3.05, 3.63) is 41.1 Å². The van der Waals surface area contributed by atoms with Crippen LogP contribution in [0.5, 0.6) is 0 Å². The molecule has 1 fully saturated rings. The van der Waals surface area contributed by atoms with Crippen molar-refractivity contribution in [2.45, 2.75) is 38.4 Å². The van der Waals surface area contributed by atoms with E-state index in [2.05, 4.69) is 10.3 Å². The number of carbonyl (C=O) groups is 2. The molecule has 7 heteroatoms. The van der Waals surface area contributed by atoms with Crippen LogP contribution >= 0.6 is 11.3 Å². The third-order valence-corrected chi connectivity index (χ3v) is 4.85. The van der Waals surface area contributed by atoms with Gasteiger partial charge in [0.2, 0.25) is 11.8 Å². The molecule has 0 saturated carbocycles. The van der Waals surface area contributed by atoms with E-state index in [1.807, 2.05) is 28.3 Å². The van der Waals surface area contributed by atoms with E-state index in [9.17, 15) is 9.59 Å². The van der Waals surface area contributed by atoms with Crippen molar-refractivity contribution in [2.24, 2.45) is 0 Å². The lowest BCUT2D eigenvalue weighted by Gasteiger charge is -2.23. The molecule has 2 aromatic rings. The first-order chi connectivity index (χ1) is 11.2. The SMILES string of the molecule is O=C(NCCCn1ccnc1)C1CCC(=O)N1Cc1cccs1. The topological polar surface area (TPSA) is 67.2 Å². The van der Waals surface area contributed by atoms with Gasteiger partial charge in [-0.15, -0.1) is 11.3 Å². The fraction of sp³-hybridized carbons (Fsp3) is 0.438. The van der Waals surface area contributed by atoms with Crippen molar-refractivity contribution < 1.29 is 9.59 Å². The van der Waals surface area contributed by atoms with Crippen molar-refractivity contribution >= 4 is 23.2 Å². The summed E-state index contributed by atoms with van der Waals surface area (Å²) >= 11 is 1.61. The van der Waals surface area contributed by atoms with Crippen LogP contribution in [-0.4, -0.2) is 38.9 Å². The fourth-order valence-corrected chi connectivity index (χ4v) is 3.49. The van der Waals surface area contributed by atoms with Gasteiger partial charge in [-0.2, -0.15) is 0 Å². The van der Waals surface area contributed by atoms with Crippen LogP contribution in [0, 0.1) is 0 Å². The van der Waals surface area contributed by atoms with Crippen LogP contribution in [0.4, 0.5) is 0 Å². The van der Waals surface area contributed by atoms with Crippen LogP contribution in [0.25, 0.3) is 0 Å². The van der Waals surface area contributed by atoms with Gasteiger partial charge in [-0.3, -0.25) is 9.59 Å². The van der Waals surface area contributed by atoms with Gasteiger partial charge in [0.1, 0.15) is 6.04 Å². The molecule has 1 aliphatic heterocycles. The number of imidazole rings is 1. The molecule has 6 nitrogen and oxygen atoms in total. The molecule has 0 aliphatic carbocycles. The van der Waals surface area contributed by atoms with Crippen molar-refractivity contribution in [1.82, 2.24) is 19.8 Å². The first-order valence-electron chi connectivity index (χ1n) is 7.79. The molecule has 122 valence electrons. The second kappa shape index (κ2) is 7.41. The Morgan fingerprint density at radius 3 is 3.13 bits per heavy atom. The number of aryl methyl sites for hydroxylation is 1. The molecule has 2 aromatic heterocycles. The van der Waals surface area contributed by atoms with E-state index in [0.717, 1.165) is 17.8 Å². The molecule has 2 amide bonds. The van der Waals surface area contributed by atoms with Gasteiger partial charge in [0, 0.05) is 36.8 Å². The zero-order valence-corrected chi connectivity index (χ0v) is 13.7. The summed E-state index contributed by atoms with van der Waals surface area (Å²) in [4.78, 5) is 31.2. The van der Waals surface area contributed by atoms with Gasteiger partial charge >= 0.3 is 0 Å². The maximum Gasteiger partial charge on any atom is 0.242 e. The predicted octanol–water partition coefficient (Wildman–Crippen LogP) is 1.64. The minimum Gasteiger partial charge on any atom is -0.354 e. The van der Waals surface area contributed by atoms with Gasteiger partial charge in [-0.05, 0) is 24.3 Å². The number of thiophene rings is 1. The summed E-state index contributed by atoms with van der Waals surface area (Å²) < 4.78 is 1.98. The summed E-state index contributed by atoms with van der Waals surface area (Å²) in [5.41, 5.74) is 0. The van der Waals surface area contributed by atoms with Crippen LogP contribution in [0.1, 0.15) is 24.1 Å². The molecule has 1 N–H and O–H groups in total. The van der Waals surface area contributed by atoms with Gasteiger partial charge < -0.3 is 14.8 Å². The van der Waals surface area contributed by atoms with Crippen LogP contribution in [0.3, 0.4) is 0 Å². The third-order valence-electron chi connectivity index (χ3n) is 3.99. The van der Waals surface area contributed by atoms with Gasteiger partial charge in [0.15, 0.2) is 0 Å². The highest BCUT2D eigenvalue weighted by molar-refractivity contribution is 7.09. The van der Waals surface area contributed by atoms with Crippen molar-refractivity contribution in [1.29, 1.82) is 0 Å². The fourth-order valence-electron chi connectivity index (χ4n) is 2.78. The average molecular weight is 332 g/mol. The Hall–Kier alpha value is -2.15. The minimum absolute atomic E-state index is 0.0435. The van der Waals surface area contributed by atoms with Gasteiger partial charge in [0.05, 0.1) is 12.9 Å². The quantitative estimate of drug-likeness (QED) is 0.784. The predicted molar refractivity (Wildman–Crippen MR) is 87.7 cm³/mol. The Balaban J connectivity index is 1.48. The Labute approximate surface area is 139 Å². The van der Waals surface area contributed by atoms with E-state index in [1.165, 1.54) is 0 Å². The number of hydrogen-bond acceptors (Lipinski definition) is 4. The Morgan fingerprint density at radius 1 is 1.48 bits per heavy atom.